The molecule has 1 heterocycles. The van der Waals surface area contributed by atoms with Gasteiger partial charge in [0.2, 0.25) is 5.88 Å². The Hall–Kier alpha value is -2.14. The van der Waals surface area contributed by atoms with E-state index in [9.17, 15) is 0 Å². The lowest BCUT2D eigenvalue weighted by molar-refractivity contribution is 0.313. The Labute approximate surface area is 118 Å². The average molecular weight is 273 g/mol. The van der Waals surface area contributed by atoms with Crippen molar-refractivity contribution in [2.24, 2.45) is 5.73 Å². The Morgan fingerprint density at radius 3 is 2.80 bits per heavy atom. The second-order valence-electron chi connectivity index (χ2n) is 4.35. The molecule has 106 valence electrons. The first-order chi connectivity index (χ1) is 9.76. The third-order valence-corrected chi connectivity index (χ3v) is 2.91. The molecule has 0 bridgehead atoms. The zero-order valence-electron chi connectivity index (χ0n) is 11.7. The number of rotatable bonds is 6. The number of aromatic nitrogens is 2. The molecule has 0 radical (unpaired) electrons. The smallest absolute Gasteiger partial charge is 0.216 e. The van der Waals surface area contributed by atoms with Crippen LogP contribution in [0, 0.1) is 0 Å². The summed E-state index contributed by atoms with van der Waals surface area (Å²) < 4.78 is 10.8. The number of benzene rings is 1. The van der Waals surface area contributed by atoms with Gasteiger partial charge in [0.15, 0.2) is 0 Å². The number of nitrogens with two attached hydrogens (primary N) is 1. The van der Waals surface area contributed by atoms with Crippen LogP contribution in [0.5, 0.6) is 11.6 Å². The first kappa shape index (κ1) is 14.3. The van der Waals surface area contributed by atoms with Crippen molar-refractivity contribution in [3.63, 3.8) is 0 Å². The van der Waals surface area contributed by atoms with E-state index in [1.54, 1.807) is 13.2 Å². The molecular formula is C15H19N3O2. The molecule has 0 fully saturated rings. The Morgan fingerprint density at radius 2 is 2.05 bits per heavy atom. The Kier molecular flexibility index (Phi) is 4.90. The minimum atomic E-state index is -0.375. The fraction of sp³-hybridized carbons (Fsp3) is 0.333. The number of para-hydroxylation sites is 1. The molecule has 2 aromatic rings. The van der Waals surface area contributed by atoms with Crippen molar-refractivity contribution in [2.45, 2.75) is 19.4 Å². The predicted molar refractivity (Wildman–Crippen MR) is 76.8 cm³/mol. The van der Waals surface area contributed by atoms with E-state index in [4.69, 9.17) is 15.2 Å². The van der Waals surface area contributed by atoms with Crippen molar-refractivity contribution in [2.75, 3.05) is 13.7 Å². The zero-order chi connectivity index (χ0) is 14.4. The number of ether oxygens (including phenoxy) is 2. The SMILES string of the molecule is CCCOc1ccccc1C(N)c1cc(OC)ncn1. The van der Waals surface area contributed by atoms with Crippen LogP contribution in [-0.4, -0.2) is 23.7 Å². The van der Waals surface area contributed by atoms with Gasteiger partial charge in [-0.2, -0.15) is 0 Å². The lowest BCUT2D eigenvalue weighted by Gasteiger charge is -2.16. The monoisotopic (exact) mass is 273 g/mol. The van der Waals surface area contributed by atoms with Gasteiger partial charge in [0, 0.05) is 11.6 Å². The van der Waals surface area contributed by atoms with Gasteiger partial charge in [0.1, 0.15) is 12.1 Å². The van der Waals surface area contributed by atoms with Crippen LogP contribution in [0.3, 0.4) is 0 Å². The van der Waals surface area contributed by atoms with Gasteiger partial charge >= 0.3 is 0 Å². The highest BCUT2D eigenvalue weighted by Gasteiger charge is 2.16. The predicted octanol–water partition coefficient (Wildman–Crippen LogP) is 2.32. The maximum atomic E-state index is 6.29. The molecule has 0 aliphatic heterocycles. The molecule has 0 aliphatic rings. The van der Waals surface area contributed by atoms with Crippen molar-refractivity contribution in [3.8, 4) is 11.6 Å². The highest BCUT2D eigenvalue weighted by atomic mass is 16.5. The highest BCUT2D eigenvalue weighted by Crippen LogP contribution is 2.28. The van der Waals surface area contributed by atoms with E-state index in [0.717, 1.165) is 17.7 Å². The summed E-state index contributed by atoms with van der Waals surface area (Å²) >= 11 is 0. The van der Waals surface area contributed by atoms with Crippen molar-refractivity contribution in [1.82, 2.24) is 9.97 Å². The van der Waals surface area contributed by atoms with Gasteiger partial charge in [-0.15, -0.1) is 0 Å². The molecule has 0 amide bonds. The summed E-state index contributed by atoms with van der Waals surface area (Å²) in [5, 5.41) is 0. The maximum Gasteiger partial charge on any atom is 0.216 e. The standard InChI is InChI=1S/C15H19N3O2/c1-3-8-20-13-7-5-4-6-11(13)15(16)12-9-14(19-2)18-10-17-12/h4-7,9-10,15H,3,8,16H2,1-2H3. The van der Waals surface area contributed by atoms with E-state index in [0.29, 0.717) is 18.2 Å². The second kappa shape index (κ2) is 6.86. The van der Waals surface area contributed by atoms with Gasteiger partial charge in [0.05, 0.1) is 25.5 Å². The van der Waals surface area contributed by atoms with Gasteiger partial charge in [-0.05, 0) is 12.5 Å². The highest BCUT2D eigenvalue weighted by molar-refractivity contribution is 5.40. The first-order valence-corrected chi connectivity index (χ1v) is 6.59. The quantitative estimate of drug-likeness (QED) is 0.874. The topological polar surface area (TPSA) is 70.3 Å². The van der Waals surface area contributed by atoms with E-state index in [-0.39, 0.29) is 6.04 Å². The fourth-order valence-electron chi connectivity index (χ4n) is 1.88. The molecule has 0 spiro atoms. The van der Waals surface area contributed by atoms with Crippen LogP contribution in [0.2, 0.25) is 0 Å². The van der Waals surface area contributed by atoms with Crippen LogP contribution in [0.4, 0.5) is 0 Å². The number of nitrogens with zero attached hydrogens (tertiary/aromatic N) is 2. The summed E-state index contributed by atoms with van der Waals surface area (Å²) in [7, 11) is 1.57. The van der Waals surface area contributed by atoms with Gasteiger partial charge in [-0.1, -0.05) is 25.1 Å². The van der Waals surface area contributed by atoms with Crippen molar-refractivity contribution in [3.05, 3.63) is 47.9 Å². The Balaban J connectivity index is 2.29. The van der Waals surface area contributed by atoms with E-state index in [1.165, 1.54) is 6.33 Å². The number of hydrogen-bond donors (Lipinski definition) is 1. The normalized spacial score (nSPS) is 11.9. The molecule has 5 heteroatoms. The molecule has 1 aromatic heterocycles. The van der Waals surface area contributed by atoms with Gasteiger partial charge in [-0.25, -0.2) is 9.97 Å². The summed E-state index contributed by atoms with van der Waals surface area (Å²) in [5.74, 6) is 1.29. The summed E-state index contributed by atoms with van der Waals surface area (Å²) in [6.45, 7) is 2.73. The van der Waals surface area contributed by atoms with Crippen LogP contribution < -0.4 is 15.2 Å². The molecule has 1 atom stereocenters. The van der Waals surface area contributed by atoms with Crippen molar-refractivity contribution >= 4 is 0 Å². The fourth-order valence-corrected chi connectivity index (χ4v) is 1.88. The minimum absolute atomic E-state index is 0.375. The Bertz CT molecular complexity index is 560. The lowest BCUT2D eigenvalue weighted by atomic mass is 10.0. The molecular weight excluding hydrogens is 254 g/mol. The van der Waals surface area contributed by atoms with Gasteiger partial charge in [0.25, 0.3) is 0 Å². The lowest BCUT2D eigenvalue weighted by Crippen LogP contribution is -2.15. The maximum absolute atomic E-state index is 6.29. The van der Waals surface area contributed by atoms with Crippen molar-refractivity contribution in [1.29, 1.82) is 0 Å². The Morgan fingerprint density at radius 1 is 1.25 bits per heavy atom. The zero-order valence-corrected chi connectivity index (χ0v) is 11.7. The van der Waals surface area contributed by atoms with E-state index < -0.39 is 0 Å². The van der Waals surface area contributed by atoms with E-state index in [2.05, 4.69) is 16.9 Å². The van der Waals surface area contributed by atoms with Crippen LogP contribution in [0.15, 0.2) is 36.7 Å². The van der Waals surface area contributed by atoms with Gasteiger partial charge in [-0.3, -0.25) is 0 Å². The molecule has 2 N–H and O–H groups in total. The number of methoxy groups -OCH3 is 1. The molecule has 0 saturated carbocycles. The largest absolute Gasteiger partial charge is 0.493 e. The summed E-state index contributed by atoms with van der Waals surface area (Å²) in [6, 6.07) is 9.10. The van der Waals surface area contributed by atoms with Crippen LogP contribution in [0.25, 0.3) is 0 Å². The average Bonchev–Trinajstić information content (AvgIpc) is 2.52. The van der Waals surface area contributed by atoms with Crippen LogP contribution >= 0.6 is 0 Å². The molecule has 5 nitrogen and oxygen atoms in total. The third kappa shape index (κ3) is 3.24. The molecule has 1 unspecified atom stereocenters. The van der Waals surface area contributed by atoms with Crippen LogP contribution in [0.1, 0.15) is 30.6 Å². The summed E-state index contributed by atoms with van der Waals surface area (Å²) in [6.07, 6.45) is 2.40. The first-order valence-electron chi connectivity index (χ1n) is 6.59. The number of hydrogen-bond acceptors (Lipinski definition) is 5. The second-order valence-corrected chi connectivity index (χ2v) is 4.35. The summed E-state index contributed by atoms with van der Waals surface area (Å²) in [4.78, 5) is 8.20. The molecule has 0 aliphatic carbocycles. The minimum Gasteiger partial charge on any atom is -0.493 e. The van der Waals surface area contributed by atoms with Gasteiger partial charge < -0.3 is 15.2 Å². The third-order valence-electron chi connectivity index (χ3n) is 2.91. The van der Waals surface area contributed by atoms with E-state index in [1.807, 2.05) is 24.3 Å². The molecule has 20 heavy (non-hydrogen) atoms. The molecule has 1 aromatic carbocycles. The van der Waals surface area contributed by atoms with Crippen LogP contribution in [-0.2, 0) is 0 Å². The molecule has 0 saturated heterocycles. The molecule has 2 rings (SSSR count). The van der Waals surface area contributed by atoms with Crippen molar-refractivity contribution < 1.29 is 9.47 Å². The van der Waals surface area contributed by atoms with E-state index >= 15 is 0 Å². The summed E-state index contributed by atoms with van der Waals surface area (Å²) in [5.41, 5.74) is 7.89.